The number of carboxylic acid groups (broad SMARTS) is 1. The second-order valence-corrected chi connectivity index (χ2v) is 4.81. The van der Waals surface area contributed by atoms with Gasteiger partial charge in [-0.15, -0.1) is 0 Å². The molecule has 0 aliphatic heterocycles. The van der Waals surface area contributed by atoms with E-state index in [4.69, 9.17) is 9.84 Å². The van der Waals surface area contributed by atoms with Gasteiger partial charge in [0.2, 0.25) is 0 Å². The molecule has 1 unspecified atom stereocenters. The molecule has 0 heterocycles. The Kier molecular flexibility index (Phi) is 4.51. The third-order valence-corrected chi connectivity index (χ3v) is 3.72. The number of nitrogens with one attached hydrogen (secondary N) is 1. The van der Waals surface area contributed by atoms with E-state index in [2.05, 4.69) is 5.32 Å². The molecule has 0 radical (unpaired) electrons. The van der Waals surface area contributed by atoms with Gasteiger partial charge in [-0.3, -0.25) is 9.59 Å². The van der Waals surface area contributed by atoms with Gasteiger partial charge < -0.3 is 15.2 Å². The Bertz CT molecular complexity index is 299. The van der Waals surface area contributed by atoms with E-state index in [1.165, 1.54) is 7.11 Å². The van der Waals surface area contributed by atoms with Crippen LogP contribution in [0.2, 0.25) is 0 Å². The summed E-state index contributed by atoms with van der Waals surface area (Å²) < 4.78 is 5.20. The summed E-state index contributed by atoms with van der Waals surface area (Å²) in [6, 6.07) is -0.0374. The van der Waals surface area contributed by atoms with Gasteiger partial charge >= 0.3 is 5.97 Å². The molecule has 1 amide bonds. The molecular formula is C12H21NO4. The highest BCUT2D eigenvalue weighted by Crippen LogP contribution is 2.26. The maximum absolute atomic E-state index is 12.0. The highest BCUT2D eigenvalue weighted by Gasteiger charge is 2.36. The zero-order chi connectivity index (χ0) is 13.1. The van der Waals surface area contributed by atoms with Gasteiger partial charge in [0.1, 0.15) is 5.60 Å². The van der Waals surface area contributed by atoms with Crippen LogP contribution in [0, 0.1) is 5.92 Å². The third-order valence-electron chi connectivity index (χ3n) is 3.72. The fourth-order valence-electron chi connectivity index (χ4n) is 2.07. The molecule has 1 aliphatic carbocycles. The van der Waals surface area contributed by atoms with E-state index in [0.717, 1.165) is 6.42 Å². The van der Waals surface area contributed by atoms with Gasteiger partial charge in [-0.05, 0) is 32.6 Å². The number of rotatable bonds is 5. The van der Waals surface area contributed by atoms with Crippen molar-refractivity contribution in [3.63, 3.8) is 0 Å². The van der Waals surface area contributed by atoms with Gasteiger partial charge in [-0.1, -0.05) is 6.92 Å². The van der Waals surface area contributed by atoms with Crippen molar-refractivity contribution in [3.8, 4) is 0 Å². The number of ether oxygens (including phenoxy) is 1. The lowest BCUT2D eigenvalue weighted by molar-refractivity contribution is -0.143. The monoisotopic (exact) mass is 243 g/mol. The Balaban J connectivity index is 2.51. The largest absolute Gasteiger partial charge is 0.481 e. The van der Waals surface area contributed by atoms with Crippen LogP contribution in [-0.4, -0.2) is 35.7 Å². The summed E-state index contributed by atoms with van der Waals surface area (Å²) in [4.78, 5) is 22.8. The fraction of sp³-hybridized carbons (Fsp3) is 0.833. The van der Waals surface area contributed by atoms with Crippen LogP contribution in [-0.2, 0) is 14.3 Å². The van der Waals surface area contributed by atoms with Crippen molar-refractivity contribution in [1.82, 2.24) is 5.32 Å². The number of hydrogen-bond acceptors (Lipinski definition) is 3. The van der Waals surface area contributed by atoms with E-state index in [9.17, 15) is 9.59 Å². The molecule has 0 saturated heterocycles. The maximum atomic E-state index is 12.0. The Hall–Kier alpha value is -1.10. The lowest BCUT2D eigenvalue weighted by atomic mass is 10.0. The minimum atomic E-state index is -0.818. The zero-order valence-electron chi connectivity index (χ0n) is 10.7. The highest BCUT2D eigenvalue weighted by atomic mass is 16.5. The molecule has 1 aliphatic rings. The second kappa shape index (κ2) is 5.49. The quantitative estimate of drug-likeness (QED) is 0.760. The molecule has 98 valence electrons. The minimum absolute atomic E-state index is 0.0374. The van der Waals surface area contributed by atoms with Crippen molar-refractivity contribution in [2.75, 3.05) is 7.11 Å². The number of carboxylic acids is 1. The first kappa shape index (κ1) is 14.0. The molecule has 0 aromatic rings. The van der Waals surface area contributed by atoms with Crippen LogP contribution in [0.1, 0.15) is 39.5 Å². The van der Waals surface area contributed by atoms with Gasteiger partial charge in [0.25, 0.3) is 5.91 Å². The summed E-state index contributed by atoms with van der Waals surface area (Å²) >= 11 is 0. The second-order valence-electron chi connectivity index (χ2n) is 4.81. The molecule has 3 atom stereocenters. The average Bonchev–Trinajstić information content (AvgIpc) is 2.76. The minimum Gasteiger partial charge on any atom is -0.481 e. The molecule has 0 aromatic carbocycles. The molecule has 17 heavy (non-hydrogen) atoms. The molecule has 1 saturated carbocycles. The lowest BCUT2D eigenvalue weighted by Gasteiger charge is -2.27. The first-order valence-corrected chi connectivity index (χ1v) is 6.02. The topological polar surface area (TPSA) is 75.6 Å². The molecule has 5 heteroatoms. The molecule has 0 bridgehead atoms. The summed E-state index contributed by atoms with van der Waals surface area (Å²) in [5.74, 6) is -1.25. The van der Waals surface area contributed by atoms with Gasteiger partial charge in [-0.2, -0.15) is 0 Å². The van der Waals surface area contributed by atoms with E-state index in [0.29, 0.717) is 19.3 Å². The molecule has 0 spiro atoms. The number of hydrogen-bond donors (Lipinski definition) is 2. The molecule has 0 aromatic heterocycles. The van der Waals surface area contributed by atoms with Crippen molar-refractivity contribution in [2.24, 2.45) is 5.92 Å². The van der Waals surface area contributed by atoms with E-state index in [1.54, 1.807) is 6.92 Å². The van der Waals surface area contributed by atoms with E-state index >= 15 is 0 Å². The van der Waals surface area contributed by atoms with Crippen molar-refractivity contribution >= 4 is 11.9 Å². The van der Waals surface area contributed by atoms with Gasteiger partial charge in [-0.25, -0.2) is 0 Å². The normalized spacial score (nSPS) is 27.5. The third kappa shape index (κ3) is 3.19. The number of carbonyl (C=O) groups excluding carboxylic acids is 1. The van der Waals surface area contributed by atoms with E-state index < -0.39 is 11.6 Å². The first-order valence-electron chi connectivity index (χ1n) is 6.02. The van der Waals surface area contributed by atoms with Gasteiger partial charge in [0.05, 0.1) is 5.92 Å². The Morgan fingerprint density at radius 3 is 2.53 bits per heavy atom. The summed E-state index contributed by atoms with van der Waals surface area (Å²) in [6.07, 6.45) is 2.47. The molecule has 1 fully saturated rings. The van der Waals surface area contributed by atoms with Gasteiger partial charge in [0.15, 0.2) is 0 Å². The molecule has 5 nitrogen and oxygen atoms in total. The summed E-state index contributed by atoms with van der Waals surface area (Å²) in [6.45, 7) is 3.63. The number of aliphatic carboxylic acids is 1. The van der Waals surface area contributed by atoms with Crippen LogP contribution >= 0.6 is 0 Å². The van der Waals surface area contributed by atoms with Crippen LogP contribution in [0.3, 0.4) is 0 Å². The molecule has 1 rings (SSSR count). The van der Waals surface area contributed by atoms with Crippen molar-refractivity contribution < 1.29 is 19.4 Å². The molecule has 2 N–H and O–H groups in total. The molecular weight excluding hydrogens is 222 g/mol. The van der Waals surface area contributed by atoms with E-state index in [-0.39, 0.29) is 17.9 Å². The van der Waals surface area contributed by atoms with Crippen LogP contribution in [0.15, 0.2) is 0 Å². The fourth-order valence-corrected chi connectivity index (χ4v) is 2.07. The van der Waals surface area contributed by atoms with Crippen LogP contribution in [0.4, 0.5) is 0 Å². The zero-order valence-corrected chi connectivity index (χ0v) is 10.7. The van der Waals surface area contributed by atoms with Gasteiger partial charge in [0, 0.05) is 13.2 Å². The van der Waals surface area contributed by atoms with Crippen LogP contribution < -0.4 is 5.32 Å². The Morgan fingerprint density at radius 1 is 1.47 bits per heavy atom. The summed E-state index contributed by atoms with van der Waals surface area (Å²) in [7, 11) is 1.51. The predicted molar refractivity (Wildman–Crippen MR) is 62.6 cm³/mol. The average molecular weight is 243 g/mol. The first-order chi connectivity index (χ1) is 7.92. The summed E-state index contributed by atoms with van der Waals surface area (Å²) in [5.41, 5.74) is -0.818. The number of carbonyl (C=O) groups is 2. The van der Waals surface area contributed by atoms with Crippen LogP contribution in [0.25, 0.3) is 0 Å². The smallest absolute Gasteiger partial charge is 0.306 e. The summed E-state index contributed by atoms with van der Waals surface area (Å²) in [5, 5.41) is 11.8. The maximum Gasteiger partial charge on any atom is 0.306 e. The van der Waals surface area contributed by atoms with Crippen LogP contribution in [0.5, 0.6) is 0 Å². The Morgan fingerprint density at radius 2 is 2.12 bits per heavy atom. The Labute approximate surface area is 102 Å². The van der Waals surface area contributed by atoms with Crippen molar-refractivity contribution in [3.05, 3.63) is 0 Å². The SMILES string of the molecule is CCC(C)(OC)C(=O)N[C@H]1CC[C@@H](C(=O)O)C1. The number of amides is 1. The standard InChI is InChI=1S/C12H21NO4/c1-4-12(2,17-3)11(16)13-9-6-5-8(7-9)10(14)15/h8-9H,4-7H2,1-3H3,(H,13,16)(H,14,15)/t8-,9+,12?/m1/s1. The van der Waals surface area contributed by atoms with Crippen molar-refractivity contribution in [2.45, 2.75) is 51.2 Å². The van der Waals surface area contributed by atoms with E-state index in [1.807, 2.05) is 6.92 Å². The number of methoxy groups -OCH3 is 1. The highest BCUT2D eigenvalue weighted by molar-refractivity contribution is 5.85. The van der Waals surface area contributed by atoms with Crippen molar-refractivity contribution in [1.29, 1.82) is 0 Å². The lowest BCUT2D eigenvalue weighted by Crippen LogP contribution is -2.48. The predicted octanol–water partition coefficient (Wildman–Crippen LogP) is 1.17.